The third kappa shape index (κ3) is 4.28. The molecule has 0 aromatic heterocycles. The van der Waals surface area contributed by atoms with Gasteiger partial charge in [0, 0.05) is 5.56 Å². The van der Waals surface area contributed by atoms with E-state index in [1.165, 1.54) is 14.0 Å². The molecule has 0 heterocycles. The van der Waals surface area contributed by atoms with Gasteiger partial charge in [-0.05, 0) is 19.1 Å². The fourth-order valence-corrected chi connectivity index (χ4v) is 2.70. The zero-order valence-electron chi connectivity index (χ0n) is 10.4. The highest BCUT2D eigenvalue weighted by Gasteiger charge is 2.26. The molecule has 0 bridgehead atoms. The van der Waals surface area contributed by atoms with Gasteiger partial charge in [0.15, 0.2) is 17.3 Å². The molecule has 0 aliphatic heterocycles. The van der Waals surface area contributed by atoms with Gasteiger partial charge in [0.05, 0.1) is 18.7 Å². The van der Waals surface area contributed by atoms with Crippen LogP contribution in [0.5, 0.6) is 5.75 Å². The maximum Gasteiger partial charge on any atom is 0.335 e. The highest BCUT2D eigenvalue weighted by atomic mass is 35.5. The average molecular weight is 311 g/mol. The van der Waals surface area contributed by atoms with Crippen LogP contribution in [0.25, 0.3) is 0 Å². The number of ether oxygens (including phenoxy) is 1. The van der Waals surface area contributed by atoms with Crippen LogP contribution in [-0.2, 0) is 9.09 Å². The van der Waals surface area contributed by atoms with Crippen LogP contribution in [-0.4, -0.2) is 30.6 Å². The van der Waals surface area contributed by atoms with Crippen LogP contribution in [0.15, 0.2) is 12.1 Å². The van der Waals surface area contributed by atoms with E-state index in [-0.39, 0.29) is 22.9 Å². The minimum atomic E-state index is -4.01. The van der Waals surface area contributed by atoms with Crippen molar-refractivity contribution in [2.75, 3.05) is 19.9 Å². The fourth-order valence-electron chi connectivity index (χ4n) is 1.41. The summed E-state index contributed by atoms with van der Waals surface area (Å²) in [6.45, 7) is 1.53. The number of Topliss-reactive ketones (excluding diaryl/α,β-unsaturated/α-hetero) is 1. The molecule has 0 radical (unpaired) electrons. The minimum absolute atomic E-state index is 0.00152. The molecule has 1 unspecified atom stereocenters. The molecular weight excluding hydrogens is 298 g/mol. The van der Waals surface area contributed by atoms with Gasteiger partial charge in [0.25, 0.3) is 0 Å². The van der Waals surface area contributed by atoms with Gasteiger partial charge in [-0.15, -0.1) is 0 Å². The molecule has 0 fully saturated rings. The molecule has 106 valence electrons. The lowest BCUT2D eigenvalue weighted by atomic mass is 10.1. The number of carbonyl (C=O) groups excluding carboxylic acids is 1. The van der Waals surface area contributed by atoms with Crippen molar-refractivity contribution in [3.63, 3.8) is 0 Å². The third-order valence-corrected chi connectivity index (χ3v) is 3.88. The van der Waals surface area contributed by atoms with E-state index in [0.717, 1.165) is 12.1 Å². The molecule has 1 N–H and O–H groups in total. The Hall–Kier alpha value is -0.940. The largest absolute Gasteiger partial charge is 0.494 e. The van der Waals surface area contributed by atoms with Gasteiger partial charge in [-0.3, -0.25) is 9.36 Å². The van der Waals surface area contributed by atoms with Crippen LogP contribution in [0.1, 0.15) is 17.3 Å². The maximum atomic E-state index is 13.3. The van der Waals surface area contributed by atoms with Gasteiger partial charge in [0.1, 0.15) is 6.16 Å². The Kier molecular flexibility index (Phi) is 5.50. The molecule has 1 aromatic carbocycles. The SMILES string of the molecule is CCOP(=O)(O)CC(=O)c1cc(OC)c(F)cc1Cl. The second-order valence-corrected chi connectivity index (χ2v) is 5.86. The van der Waals surface area contributed by atoms with E-state index in [4.69, 9.17) is 16.3 Å². The number of rotatable bonds is 6. The second kappa shape index (κ2) is 6.48. The van der Waals surface area contributed by atoms with E-state index in [9.17, 15) is 18.6 Å². The minimum Gasteiger partial charge on any atom is -0.494 e. The summed E-state index contributed by atoms with van der Waals surface area (Å²) < 4.78 is 34.1. The van der Waals surface area contributed by atoms with Gasteiger partial charge in [0.2, 0.25) is 0 Å². The summed E-state index contributed by atoms with van der Waals surface area (Å²) in [5.74, 6) is -1.61. The van der Waals surface area contributed by atoms with Crippen LogP contribution < -0.4 is 4.74 Å². The standard InChI is InChI=1S/C11H13ClFO5P/c1-3-18-19(15,16)6-10(14)7-4-11(17-2)9(13)5-8(7)12/h4-5H,3,6H2,1-2H3,(H,15,16). The molecule has 8 heteroatoms. The van der Waals surface area contributed by atoms with E-state index < -0.39 is 25.4 Å². The monoisotopic (exact) mass is 310 g/mol. The van der Waals surface area contributed by atoms with Crippen molar-refractivity contribution in [2.24, 2.45) is 0 Å². The van der Waals surface area contributed by atoms with Crippen LogP contribution >= 0.6 is 19.2 Å². The summed E-state index contributed by atoms with van der Waals surface area (Å²) in [7, 11) is -2.78. The van der Waals surface area contributed by atoms with Crippen molar-refractivity contribution < 1.29 is 27.9 Å². The Morgan fingerprint density at radius 1 is 1.53 bits per heavy atom. The molecule has 5 nitrogen and oxygen atoms in total. The van der Waals surface area contributed by atoms with E-state index >= 15 is 0 Å². The number of halogens is 2. The highest BCUT2D eigenvalue weighted by molar-refractivity contribution is 7.53. The van der Waals surface area contributed by atoms with Gasteiger partial charge in [-0.25, -0.2) is 4.39 Å². The third-order valence-electron chi connectivity index (χ3n) is 2.22. The van der Waals surface area contributed by atoms with Gasteiger partial charge < -0.3 is 14.2 Å². The predicted molar refractivity (Wildman–Crippen MR) is 68.6 cm³/mol. The lowest BCUT2D eigenvalue weighted by Crippen LogP contribution is -2.09. The summed E-state index contributed by atoms with van der Waals surface area (Å²) in [5.41, 5.74) is -0.0890. The molecule has 19 heavy (non-hydrogen) atoms. The number of benzene rings is 1. The van der Waals surface area contributed by atoms with Crippen LogP contribution in [0, 0.1) is 5.82 Å². The van der Waals surface area contributed by atoms with E-state index in [1.807, 2.05) is 0 Å². The van der Waals surface area contributed by atoms with Gasteiger partial charge in [-0.1, -0.05) is 11.6 Å². The number of hydrogen-bond donors (Lipinski definition) is 1. The fraction of sp³-hybridized carbons (Fsp3) is 0.364. The number of ketones is 1. The maximum absolute atomic E-state index is 13.3. The number of hydrogen-bond acceptors (Lipinski definition) is 4. The molecule has 0 aliphatic carbocycles. The molecule has 1 aromatic rings. The zero-order valence-corrected chi connectivity index (χ0v) is 12.0. The lowest BCUT2D eigenvalue weighted by Gasteiger charge is -2.11. The molecule has 0 spiro atoms. The Morgan fingerprint density at radius 3 is 2.68 bits per heavy atom. The molecule has 0 amide bonds. The molecule has 1 rings (SSSR count). The molecule has 0 saturated heterocycles. The predicted octanol–water partition coefficient (Wildman–Crippen LogP) is 2.89. The van der Waals surface area contributed by atoms with Crippen molar-refractivity contribution in [3.8, 4) is 5.75 Å². The molecule has 0 saturated carbocycles. The molecular formula is C11H13ClFO5P. The van der Waals surface area contributed by atoms with Crippen molar-refractivity contribution in [1.29, 1.82) is 0 Å². The second-order valence-electron chi connectivity index (χ2n) is 3.60. The normalized spacial score (nSPS) is 13.9. The van der Waals surface area contributed by atoms with Crippen molar-refractivity contribution in [1.82, 2.24) is 0 Å². The number of methoxy groups -OCH3 is 1. The van der Waals surface area contributed by atoms with Crippen molar-refractivity contribution in [3.05, 3.63) is 28.5 Å². The first-order chi connectivity index (χ1) is 8.80. The zero-order chi connectivity index (χ0) is 14.6. The summed E-state index contributed by atoms with van der Waals surface area (Å²) in [6, 6.07) is 2.00. The Balaban J connectivity index is 3.03. The first kappa shape index (κ1) is 16.1. The van der Waals surface area contributed by atoms with Crippen LogP contribution in [0.3, 0.4) is 0 Å². The topological polar surface area (TPSA) is 72.8 Å². The summed E-state index contributed by atoms with van der Waals surface area (Å²) in [6.07, 6.45) is -0.727. The average Bonchev–Trinajstić information content (AvgIpc) is 2.27. The molecule has 0 aliphatic rings. The van der Waals surface area contributed by atoms with Crippen molar-refractivity contribution >= 4 is 25.0 Å². The highest BCUT2D eigenvalue weighted by Crippen LogP contribution is 2.42. The summed E-state index contributed by atoms with van der Waals surface area (Å²) >= 11 is 5.73. The Morgan fingerprint density at radius 2 is 2.16 bits per heavy atom. The smallest absolute Gasteiger partial charge is 0.335 e. The van der Waals surface area contributed by atoms with E-state index in [0.29, 0.717) is 0 Å². The van der Waals surface area contributed by atoms with Crippen LogP contribution in [0.2, 0.25) is 5.02 Å². The van der Waals surface area contributed by atoms with Crippen LogP contribution in [0.4, 0.5) is 4.39 Å². The van der Waals surface area contributed by atoms with Gasteiger partial charge in [-0.2, -0.15) is 0 Å². The summed E-state index contributed by atoms with van der Waals surface area (Å²) in [5, 5.41) is -0.153. The quantitative estimate of drug-likeness (QED) is 0.646. The van der Waals surface area contributed by atoms with Crippen molar-refractivity contribution in [2.45, 2.75) is 6.92 Å². The molecule has 1 atom stereocenters. The van der Waals surface area contributed by atoms with E-state index in [2.05, 4.69) is 4.52 Å². The van der Waals surface area contributed by atoms with E-state index in [1.54, 1.807) is 0 Å². The Bertz CT molecular complexity index is 534. The first-order valence-corrected chi connectivity index (χ1v) is 7.47. The van der Waals surface area contributed by atoms with Gasteiger partial charge >= 0.3 is 7.60 Å². The Labute approximate surface area is 114 Å². The first-order valence-electron chi connectivity index (χ1n) is 5.33. The lowest BCUT2D eigenvalue weighted by molar-refractivity contribution is 0.101. The summed E-state index contributed by atoms with van der Waals surface area (Å²) in [4.78, 5) is 21.2. The number of carbonyl (C=O) groups is 1.